The van der Waals surface area contributed by atoms with Gasteiger partial charge < -0.3 is 10.8 Å². The Morgan fingerprint density at radius 3 is 2.39 bits per heavy atom. The number of aliphatic hydroxyl groups is 1. The fraction of sp³-hybridized carbons (Fsp3) is 0.500. The first-order valence-electron chi connectivity index (χ1n) is 6.09. The molecule has 0 aliphatic rings. The van der Waals surface area contributed by atoms with Gasteiger partial charge in [-0.1, -0.05) is 30.3 Å². The van der Waals surface area contributed by atoms with Gasteiger partial charge in [0.25, 0.3) is 0 Å². The number of amidine groups is 1. The van der Waals surface area contributed by atoms with E-state index in [1.807, 2.05) is 56.1 Å². The molecule has 1 rings (SSSR count). The van der Waals surface area contributed by atoms with Crippen molar-refractivity contribution in [1.82, 2.24) is 4.90 Å². The molecular formula is C14H23N3O. The highest BCUT2D eigenvalue weighted by molar-refractivity contribution is 5.84. The zero-order chi connectivity index (χ0) is 13.8. The number of nitrogens with zero attached hydrogens (tertiary/aromatic N) is 1. The Morgan fingerprint density at radius 2 is 1.94 bits per heavy atom. The minimum atomic E-state index is -0.317. The Bertz CT molecular complexity index is 389. The largest absolute Gasteiger partial charge is 0.394 e. The van der Waals surface area contributed by atoms with Crippen LogP contribution in [-0.2, 0) is 0 Å². The van der Waals surface area contributed by atoms with Gasteiger partial charge in [0.15, 0.2) is 0 Å². The van der Waals surface area contributed by atoms with E-state index < -0.39 is 0 Å². The molecular weight excluding hydrogens is 226 g/mol. The van der Waals surface area contributed by atoms with Crippen molar-refractivity contribution >= 4 is 5.84 Å². The van der Waals surface area contributed by atoms with Crippen LogP contribution in [0.3, 0.4) is 0 Å². The van der Waals surface area contributed by atoms with Gasteiger partial charge in [-0.15, -0.1) is 0 Å². The minimum Gasteiger partial charge on any atom is -0.394 e. The molecule has 0 aliphatic carbocycles. The Labute approximate surface area is 109 Å². The molecule has 0 spiro atoms. The van der Waals surface area contributed by atoms with Gasteiger partial charge in [-0.2, -0.15) is 0 Å². The predicted molar refractivity (Wildman–Crippen MR) is 74.9 cm³/mol. The number of likely N-dealkylation sites (N-methyl/N-ethyl adjacent to an activating group) is 1. The Balaban J connectivity index is 2.86. The van der Waals surface area contributed by atoms with Crippen LogP contribution in [0.2, 0.25) is 0 Å². The van der Waals surface area contributed by atoms with Gasteiger partial charge in [-0.25, -0.2) is 0 Å². The van der Waals surface area contributed by atoms with E-state index in [0.29, 0.717) is 6.54 Å². The summed E-state index contributed by atoms with van der Waals surface area (Å²) >= 11 is 0. The molecule has 0 aromatic heterocycles. The monoisotopic (exact) mass is 249 g/mol. The summed E-state index contributed by atoms with van der Waals surface area (Å²) in [5.41, 5.74) is 6.41. The quantitative estimate of drug-likeness (QED) is 0.527. The van der Waals surface area contributed by atoms with Crippen LogP contribution >= 0.6 is 0 Å². The topological polar surface area (TPSA) is 73.3 Å². The molecule has 18 heavy (non-hydrogen) atoms. The molecule has 1 unspecified atom stereocenters. The number of hydrogen-bond donors (Lipinski definition) is 3. The summed E-state index contributed by atoms with van der Waals surface area (Å²) < 4.78 is 0. The van der Waals surface area contributed by atoms with Gasteiger partial charge in [0.05, 0.1) is 18.4 Å². The van der Waals surface area contributed by atoms with Crippen LogP contribution in [0.15, 0.2) is 30.3 Å². The number of rotatable bonds is 6. The molecule has 0 saturated heterocycles. The molecule has 0 bridgehead atoms. The first-order chi connectivity index (χ1) is 8.38. The Morgan fingerprint density at radius 1 is 1.39 bits per heavy atom. The molecule has 0 heterocycles. The van der Waals surface area contributed by atoms with Crippen molar-refractivity contribution in [2.45, 2.75) is 25.3 Å². The first-order valence-corrected chi connectivity index (χ1v) is 6.09. The number of nitrogens with two attached hydrogens (primary N) is 1. The third-order valence-electron chi connectivity index (χ3n) is 3.45. The molecule has 1 aromatic rings. The highest BCUT2D eigenvalue weighted by Gasteiger charge is 2.26. The maximum atomic E-state index is 9.36. The molecule has 0 fully saturated rings. The third kappa shape index (κ3) is 3.55. The van der Waals surface area contributed by atoms with E-state index in [4.69, 9.17) is 11.1 Å². The average molecular weight is 249 g/mol. The van der Waals surface area contributed by atoms with E-state index >= 15 is 0 Å². The predicted octanol–water partition coefficient (Wildman–Crippen LogP) is 1.41. The van der Waals surface area contributed by atoms with E-state index in [1.165, 1.54) is 0 Å². The lowest BCUT2D eigenvalue weighted by atomic mass is 9.95. The second kappa shape index (κ2) is 5.98. The van der Waals surface area contributed by atoms with Gasteiger partial charge in [0.1, 0.15) is 0 Å². The maximum absolute atomic E-state index is 9.36. The smallest absolute Gasteiger partial charge is 0.0995 e. The highest BCUT2D eigenvalue weighted by atomic mass is 16.3. The molecule has 100 valence electrons. The molecule has 0 amide bonds. The van der Waals surface area contributed by atoms with Crippen LogP contribution in [0, 0.1) is 5.41 Å². The molecule has 1 atom stereocenters. The fourth-order valence-corrected chi connectivity index (χ4v) is 1.71. The summed E-state index contributed by atoms with van der Waals surface area (Å²) in [7, 11) is 1.94. The van der Waals surface area contributed by atoms with Crippen LogP contribution in [0.5, 0.6) is 0 Å². The third-order valence-corrected chi connectivity index (χ3v) is 3.45. The summed E-state index contributed by atoms with van der Waals surface area (Å²) in [5.74, 6) is 0.0174. The summed E-state index contributed by atoms with van der Waals surface area (Å²) in [5, 5.41) is 17.1. The van der Waals surface area contributed by atoms with E-state index in [9.17, 15) is 5.11 Å². The Kier molecular flexibility index (Phi) is 4.87. The lowest BCUT2D eigenvalue weighted by Gasteiger charge is -2.36. The summed E-state index contributed by atoms with van der Waals surface area (Å²) in [6, 6.07) is 9.80. The van der Waals surface area contributed by atoms with Crippen molar-refractivity contribution in [3.05, 3.63) is 35.9 Å². The highest BCUT2D eigenvalue weighted by Crippen LogP contribution is 2.20. The van der Waals surface area contributed by atoms with Crippen molar-refractivity contribution in [3.8, 4) is 0 Å². The number of nitrogens with one attached hydrogen (secondary N) is 1. The fourth-order valence-electron chi connectivity index (χ4n) is 1.71. The molecule has 4 nitrogen and oxygen atoms in total. The SMILES string of the molecule is CN(CC(C(=N)N)c1ccccc1)C(C)(C)CO. The van der Waals surface area contributed by atoms with Gasteiger partial charge >= 0.3 is 0 Å². The van der Waals surface area contributed by atoms with Crippen molar-refractivity contribution in [1.29, 1.82) is 5.41 Å². The number of hydrogen-bond acceptors (Lipinski definition) is 3. The summed E-state index contributed by atoms with van der Waals surface area (Å²) in [6.45, 7) is 4.63. The summed E-state index contributed by atoms with van der Waals surface area (Å²) in [6.07, 6.45) is 0. The van der Waals surface area contributed by atoms with E-state index in [0.717, 1.165) is 5.56 Å². The van der Waals surface area contributed by atoms with Crippen LogP contribution in [0.4, 0.5) is 0 Å². The van der Waals surface area contributed by atoms with Gasteiger partial charge in [-0.05, 0) is 26.5 Å². The van der Waals surface area contributed by atoms with E-state index in [-0.39, 0.29) is 23.9 Å². The lowest BCUT2D eigenvalue weighted by Crippen LogP contribution is -2.47. The standard InChI is InChI=1S/C14H23N3O/c1-14(2,10-18)17(3)9-12(13(15)16)11-7-5-4-6-8-11/h4-8,12,18H,9-10H2,1-3H3,(H3,15,16). The van der Waals surface area contributed by atoms with Crippen molar-refractivity contribution in [3.63, 3.8) is 0 Å². The molecule has 0 aliphatic heterocycles. The van der Waals surface area contributed by atoms with Crippen molar-refractivity contribution in [2.75, 3.05) is 20.2 Å². The van der Waals surface area contributed by atoms with Crippen LogP contribution in [-0.4, -0.2) is 41.6 Å². The molecule has 4 N–H and O–H groups in total. The van der Waals surface area contributed by atoms with Crippen LogP contribution in [0.1, 0.15) is 25.3 Å². The van der Waals surface area contributed by atoms with Gasteiger partial charge in [0, 0.05) is 12.1 Å². The van der Waals surface area contributed by atoms with Crippen LogP contribution < -0.4 is 5.73 Å². The average Bonchev–Trinajstić information content (AvgIpc) is 2.36. The number of benzene rings is 1. The zero-order valence-electron chi connectivity index (χ0n) is 11.4. The zero-order valence-corrected chi connectivity index (χ0v) is 11.4. The molecule has 0 radical (unpaired) electrons. The van der Waals surface area contributed by atoms with E-state index in [2.05, 4.69) is 0 Å². The van der Waals surface area contributed by atoms with Crippen LogP contribution in [0.25, 0.3) is 0 Å². The Hall–Kier alpha value is -1.39. The van der Waals surface area contributed by atoms with Crippen molar-refractivity contribution in [2.24, 2.45) is 5.73 Å². The molecule has 1 aromatic carbocycles. The van der Waals surface area contributed by atoms with Crippen molar-refractivity contribution < 1.29 is 5.11 Å². The maximum Gasteiger partial charge on any atom is 0.0995 e. The normalized spacial score (nSPS) is 13.6. The lowest BCUT2D eigenvalue weighted by molar-refractivity contribution is 0.0781. The summed E-state index contributed by atoms with van der Waals surface area (Å²) in [4.78, 5) is 2.03. The first kappa shape index (κ1) is 14.7. The second-order valence-corrected chi connectivity index (χ2v) is 5.27. The second-order valence-electron chi connectivity index (χ2n) is 5.27. The van der Waals surface area contributed by atoms with Gasteiger partial charge in [0.2, 0.25) is 0 Å². The minimum absolute atomic E-state index is 0.0723. The van der Waals surface area contributed by atoms with E-state index in [1.54, 1.807) is 0 Å². The van der Waals surface area contributed by atoms with Gasteiger partial charge in [-0.3, -0.25) is 10.3 Å². The molecule has 0 saturated carbocycles. The number of aliphatic hydroxyl groups excluding tert-OH is 1. The molecule has 4 heteroatoms.